The van der Waals surface area contributed by atoms with Gasteiger partial charge in [0.1, 0.15) is 11.5 Å². The number of aromatic nitrogens is 2. The summed E-state index contributed by atoms with van der Waals surface area (Å²) in [5.41, 5.74) is 8.24. The Kier molecular flexibility index (Phi) is 2.48. The Balaban J connectivity index is 1.99. The summed E-state index contributed by atoms with van der Waals surface area (Å²) >= 11 is 1.63. The summed E-state index contributed by atoms with van der Waals surface area (Å²) in [7, 11) is 0. The van der Waals surface area contributed by atoms with Gasteiger partial charge in [0.2, 0.25) is 0 Å². The number of thiophene rings is 1. The first kappa shape index (κ1) is 10.5. The van der Waals surface area contributed by atoms with Crippen LogP contribution in [0.1, 0.15) is 18.4 Å². The Labute approximate surface area is 104 Å². The Morgan fingerprint density at radius 3 is 3.00 bits per heavy atom. The van der Waals surface area contributed by atoms with Crippen molar-refractivity contribution < 1.29 is 0 Å². The molecule has 5 heteroatoms. The summed E-state index contributed by atoms with van der Waals surface area (Å²) in [6.07, 6.45) is 4.49. The Morgan fingerprint density at radius 2 is 2.41 bits per heavy atom. The summed E-state index contributed by atoms with van der Waals surface area (Å²) in [4.78, 5) is 0. The van der Waals surface area contributed by atoms with Crippen LogP contribution in [0.4, 0.5) is 0 Å². The minimum absolute atomic E-state index is 0.0910. The minimum Gasteiger partial charge on any atom is -0.384 e. The zero-order chi connectivity index (χ0) is 11.8. The second-order valence-electron chi connectivity index (χ2n) is 4.48. The topological polar surface area (TPSA) is 67.7 Å². The molecule has 0 aliphatic heterocycles. The molecule has 1 saturated carbocycles. The molecule has 3 rings (SSSR count). The van der Waals surface area contributed by atoms with Crippen LogP contribution in [0.15, 0.2) is 23.0 Å². The standard InChI is InChI=1S/C12H14N4S/c13-12(14)10-6-16(5-8-1-2-8)15-11(10)9-3-4-17-7-9/h3-4,6-8H,1-2,5H2,(H3,13,14). The monoisotopic (exact) mass is 246 g/mol. The second kappa shape index (κ2) is 4.00. The predicted octanol–water partition coefficient (Wildman–Crippen LogP) is 2.31. The molecule has 0 atom stereocenters. The smallest absolute Gasteiger partial charge is 0.126 e. The van der Waals surface area contributed by atoms with Gasteiger partial charge in [0.25, 0.3) is 0 Å². The Morgan fingerprint density at radius 1 is 1.59 bits per heavy atom. The lowest BCUT2D eigenvalue weighted by molar-refractivity contribution is 0.564. The number of nitrogens with zero attached hydrogens (tertiary/aromatic N) is 2. The first-order valence-corrected chi connectivity index (χ1v) is 6.63. The molecule has 88 valence electrons. The van der Waals surface area contributed by atoms with Crippen molar-refractivity contribution >= 4 is 17.2 Å². The SMILES string of the molecule is N=C(N)c1cn(CC2CC2)nc1-c1ccsc1. The largest absolute Gasteiger partial charge is 0.384 e. The molecule has 0 amide bonds. The fourth-order valence-electron chi connectivity index (χ4n) is 1.89. The predicted molar refractivity (Wildman–Crippen MR) is 69.3 cm³/mol. The number of hydrogen-bond donors (Lipinski definition) is 2. The molecule has 2 heterocycles. The number of nitrogens with two attached hydrogens (primary N) is 1. The van der Waals surface area contributed by atoms with Crippen LogP contribution in [-0.4, -0.2) is 15.6 Å². The van der Waals surface area contributed by atoms with Gasteiger partial charge in [0.15, 0.2) is 0 Å². The van der Waals surface area contributed by atoms with E-state index in [9.17, 15) is 0 Å². The lowest BCUT2D eigenvalue weighted by Crippen LogP contribution is -2.11. The highest BCUT2D eigenvalue weighted by atomic mass is 32.1. The highest BCUT2D eigenvalue weighted by Crippen LogP contribution is 2.31. The molecule has 0 aromatic carbocycles. The Bertz CT molecular complexity index is 537. The fraction of sp³-hybridized carbons (Fsp3) is 0.333. The van der Waals surface area contributed by atoms with Gasteiger partial charge in [-0.1, -0.05) is 0 Å². The summed E-state index contributed by atoms with van der Waals surface area (Å²) in [5.74, 6) is 0.860. The van der Waals surface area contributed by atoms with E-state index >= 15 is 0 Å². The van der Waals surface area contributed by atoms with Crippen molar-refractivity contribution in [3.8, 4) is 11.3 Å². The summed E-state index contributed by atoms with van der Waals surface area (Å²) in [6, 6.07) is 2.01. The van der Waals surface area contributed by atoms with Gasteiger partial charge in [-0.2, -0.15) is 16.4 Å². The zero-order valence-electron chi connectivity index (χ0n) is 9.39. The van der Waals surface area contributed by atoms with Crippen LogP contribution in [-0.2, 0) is 6.54 Å². The van der Waals surface area contributed by atoms with Crippen molar-refractivity contribution in [2.75, 3.05) is 0 Å². The molecule has 3 N–H and O–H groups in total. The molecule has 0 unspecified atom stereocenters. The number of amidine groups is 1. The van der Waals surface area contributed by atoms with Crippen molar-refractivity contribution in [1.82, 2.24) is 9.78 Å². The number of rotatable bonds is 4. The van der Waals surface area contributed by atoms with Crippen LogP contribution in [0.25, 0.3) is 11.3 Å². The van der Waals surface area contributed by atoms with Gasteiger partial charge < -0.3 is 5.73 Å². The van der Waals surface area contributed by atoms with E-state index in [0.29, 0.717) is 0 Å². The van der Waals surface area contributed by atoms with Crippen molar-refractivity contribution in [2.45, 2.75) is 19.4 Å². The summed E-state index contributed by atoms with van der Waals surface area (Å²) in [5, 5.41) is 16.2. The van der Waals surface area contributed by atoms with E-state index in [4.69, 9.17) is 11.1 Å². The zero-order valence-corrected chi connectivity index (χ0v) is 10.2. The lowest BCUT2D eigenvalue weighted by Gasteiger charge is -1.96. The van der Waals surface area contributed by atoms with Crippen molar-refractivity contribution in [3.63, 3.8) is 0 Å². The molecule has 0 radical (unpaired) electrons. The maximum atomic E-state index is 7.62. The molecule has 0 bridgehead atoms. The fourth-order valence-corrected chi connectivity index (χ4v) is 2.53. The van der Waals surface area contributed by atoms with Gasteiger partial charge in [0.05, 0.1) is 5.56 Å². The maximum Gasteiger partial charge on any atom is 0.126 e. The number of nitrogens with one attached hydrogen (secondary N) is 1. The van der Waals surface area contributed by atoms with Crippen molar-refractivity contribution in [1.29, 1.82) is 5.41 Å². The lowest BCUT2D eigenvalue weighted by atomic mass is 10.1. The molecule has 0 saturated heterocycles. The second-order valence-corrected chi connectivity index (χ2v) is 5.26. The van der Waals surface area contributed by atoms with Crippen LogP contribution < -0.4 is 5.73 Å². The minimum atomic E-state index is 0.0910. The van der Waals surface area contributed by atoms with Gasteiger partial charge in [-0.15, -0.1) is 0 Å². The van der Waals surface area contributed by atoms with Crippen LogP contribution in [0, 0.1) is 11.3 Å². The molecule has 2 aromatic heterocycles. The summed E-state index contributed by atoms with van der Waals surface area (Å²) in [6.45, 7) is 0.949. The Hall–Kier alpha value is -1.62. The van der Waals surface area contributed by atoms with E-state index < -0.39 is 0 Å². The molecule has 17 heavy (non-hydrogen) atoms. The van der Waals surface area contributed by atoms with Crippen LogP contribution in [0.2, 0.25) is 0 Å². The highest BCUT2D eigenvalue weighted by molar-refractivity contribution is 7.08. The van der Waals surface area contributed by atoms with Gasteiger partial charge >= 0.3 is 0 Å². The van der Waals surface area contributed by atoms with Crippen LogP contribution in [0.3, 0.4) is 0 Å². The van der Waals surface area contributed by atoms with E-state index in [-0.39, 0.29) is 5.84 Å². The summed E-state index contributed by atoms with van der Waals surface area (Å²) < 4.78 is 1.93. The third-order valence-electron chi connectivity index (χ3n) is 2.99. The molecule has 1 aliphatic carbocycles. The molecule has 1 fully saturated rings. The molecular weight excluding hydrogens is 232 g/mol. The highest BCUT2D eigenvalue weighted by Gasteiger charge is 2.23. The molecule has 2 aromatic rings. The van der Waals surface area contributed by atoms with Gasteiger partial charge in [-0.3, -0.25) is 10.1 Å². The first-order valence-electron chi connectivity index (χ1n) is 5.68. The molecular formula is C12H14N4S. The van der Waals surface area contributed by atoms with E-state index in [2.05, 4.69) is 5.10 Å². The first-order chi connectivity index (χ1) is 8.24. The normalized spacial score (nSPS) is 15.1. The quantitative estimate of drug-likeness (QED) is 0.642. The van der Waals surface area contributed by atoms with Gasteiger partial charge in [0, 0.05) is 23.7 Å². The third kappa shape index (κ3) is 2.10. The van der Waals surface area contributed by atoms with Crippen LogP contribution >= 0.6 is 11.3 Å². The maximum absolute atomic E-state index is 7.62. The average molecular weight is 246 g/mol. The van der Waals surface area contributed by atoms with Crippen LogP contribution in [0.5, 0.6) is 0 Å². The number of hydrogen-bond acceptors (Lipinski definition) is 3. The number of nitrogen functional groups attached to an aromatic ring is 1. The van der Waals surface area contributed by atoms with E-state index in [1.165, 1.54) is 12.8 Å². The van der Waals surface area contributed by atoms with E-state index in [1.807, 2.05) is 27.7 Å². The molecule has 4 nitrogen and oxygen atoms in total. The molecule has 0 spiro atoms. The van der Waals surface area contributed by atoms with E-state index in [0.717, 1.165) is 29.3 Å². The third-order valence-corrected chi connectivity index (χ3v) is 3.67. The van der Waals surface area contributed by atoms with Gasteiger partial charge in [-0.05, 0) is 30.2 Å². The molecule has 1 aliphatic rings. The van der Waals surface area contributed by atoms with Gasteiger partial charge in [-0.25, -0.2) is 0 Å². The average Bonchev–Trinajstić information content (AvgIpc) is 2.82. The van der Waals surface area contributed by atoms with Crippen molar-refractivity contribution in [2.24, 2.45) is 11.7 Å². The van der Waals surface area contributed by atoms with Crippen molar-refractivity contribution in [3.05, 3.63) is 28.6 Å². The van der Waals surface area contributed by atoms with E-state index in [1.54, 1.807) is 11.3 Å².